The highest BCUT2D eigenvalue weighted by atomic mass is 16.5. The van der Waals surface area contributed by atoms with Gasteiger partial charge in [0.2, 0.25) is 5.78 Å². The zero-order valence-electron chi connectivity index (χ0n) is 11.0. The van der Waals surface area contributed by atoms with Crippen molar-refractivity contribution in [2.45, 2.75) is 20.8 Å². The third-order valence-corrected chi connectivity index (χ3v) is 3.06. The van der Waals surface area contributed by atoms with Gasteiger partial charge in [-0.15, -0.1) is 0 Å². The Morgan fingerprint density at radius 2 is 1.83 bits per heavy atom. The number of ether oxygens (including phenoxy) is 1. The number of carbonyl (C=O) groups is 1. The summed E-state index contributed by atoms with van der Waals surface area (Å²) in [7, 11) is 1.60. The molecule has 2 rings (SSSR count). The molecule has 0 amide bonds. The molecule has 2 aromatic rings. The van der Waals surface area contributed by atoms with E-state index in [-0.39, 0.29) is 5.78 Å². The number of aryl methyl sites for hydroxylation is 3. The maximum absolute atomic E-state index is 12.2. The zero-order chi connectivity index (χ0) is 13.3. The van der Waals surface area contributed by atoms with Gasteiger partial charge >= 0.3 is 0 Å². The molecule has 1 aromatic heterocycles. The summed E-state index contributed by atoms with van der Waals surface area (Å²) in [6.45, 7) is 5.71. The molecule has 1 heterocycles. The van der Waals surface area contributed by atoms with Gasteiger partial charge < -0.3 is 9.15 Å². The number of ketones is 1. The fourth-order valence-electron chi connectivity index (χ4n) is 1.79. The molecule has 0 aliphatic rings. The van der Waals surface area contributed by atoms with Crippen molar-refractivity contribution in [3.8, 4) is 5.75 Å². The molecular formula is C15H16O3. The molecule has 0 fully saturated rings. The van der Waals surface area contributed by atoms with Gasteiger partial charge in [-0.2, -0.15) is 0 Å². The Morgan fingerprint density at radius 3 is 2.39 bits per heavy atom. The second-order valence-electron chi connectivity index (χ2n) is 4.36. The summed E-state index contributed by atoms with van der Waals surface area (Å²) in [4.78, 5) is 12.2. The normalized spacial score (nSPS) is 10.4. The minimum atomic E-state index is -0.121. The molecule has 0 saturated heterocycles. The van der Waals surface area contributed by atoms with Crippen molar-refractivity contribution in [1.82, 2.24) is 0 Å². The lowest BCUT2D eigenvalue weighted by Gasteiger charge is -2.05. The Morgan fingerprint density at radius 1 is 1.11 bits per heavy atom. The first kappa shape index (κ1) is 12.4. The standard InChI is InChI=1S/C15H16O3/c1-9-5-6-12(8-13(9)17-4)15(16)14-7-10(2)11(3)18-14/h5-8H,1-4H3. The van der Waals surface area contributed by atoms with E-state index in [0.29, 0.717) is 17.1 Å². The van der Waals surface area contributed by atoms with E-state index < -0.39 is 0 Å². The molecule has 0 spiro atoms. The summed E-state index contributed by atoms with van der Waals surface area (Å²) in [5.41, 5.74) is 2.56. The van der Waals surface area contributed by atoms with Gasteiger partial charge in [-0.05, 0) is 44.0 Å². The van der Waals surface area contributed by atoms with Crippen LogP contribution in [-0.4, -0.2) is 12.9 Å². The maximum atomic E-state index is 12.2. The highest BCUT2D eigenvalue weighted by Crippen LogP contribution is 2.22. The third kappa shape index (κ3) is 2.16. The van der Waals surface area contributed by atoms with Crippen molar-refractivity contribution < 1.29 is 13.9 Å². The Balaban J connectivity index is 2.39. The van der Waals surface area contributed by atoms with Crippen LogP contribution in [0.1, 0.15) is 33.0 Å². The molecule has 3 nitrogen and oxygen atoms in total. The van der Waals surface area contributed by atoms with Crippen LogP contribution < -0.4 is 4.74 Å². The van der Waals surface area contributed by atoms with Crippen LogP contribution in [0.5, 0.6) is 5.75 Å². The lowest BCUT2D eigenvalue weighted by molar-refractivity contribution is 0.101. The van der Waals surface area contributed by atoms with Crippen molar-refractivity contribution in [3.05, 3.63) is 52.5 Å². The number of hydrogen-bond donors (Lipinski definition) is 0. The lowest BCUT2D eigenvalue weighted by Crippen LogP contribution is -2.00. The second-order valence-corrected chi connectivity index (χ2v) is 4.36. The van der Waals surface area contributed by atoms with Crippen molar-refractivity contribution in [1.29, 1.82) is 0 Å². The van der Waals surface area contributed by atoms with Crippen LogP contribution in [0, 0.1) is 20.8 Å². The van der Waals surface area contributed by atoms with Crippen LogP contribution in [0.3, 0.4) is 0 Å². The molecule has 94 valence electrons. The summed E-state index contributed by atoms with van der Waals surface area (Å²) in [5.74, 6) is 1.73. The van der Waals surface area contributed by atoms with Gasteiger partial charge in [0.1, 0.15) is 11.5 Å². The Kier molecular flexibility index (Phi) is 3.24. The lowest BCUT2D eigenvalue weighted by atomic mass is 10.1. The van der Waals surface area contributed by atoms with Crippen LogP contribution in [-0.2, 0) is 0 Å². The molecule has 18 heavy (non-hydrogen) atoms. The first-order valence-electron chi connectivity index (χ1n) is 5.79. The predicted molar refractivity (Wildman–Crippen MR) is 69.3 cm³/mol. The Hall–Kier alpha value is -2.03. The average molecular weight is 244 g/mol. The minimum absolute atomic E-state index is 0.121. The summed E-state index contributed by atoms with van der Waals surface area (Å²) >= 11 is 0. The molecule has 0 bridgehead atoms. The van der Waals surface area contributed by atoms with Gasteiger partial charge in [-0.25, -0.2) is 0 Å². The summed E-state index contributed by atoms with van der Waals surface area (Å²) in [6, 6.07) is 7.16. The molecule has 0 atom stereocenters. The van der Waals surface area contributed by atoms with Crippen LogP contribution in [0.2, 0.25) is 0 Å². The predicted octanol–water partition coefficient (Wildman–Crippen LogP) is 3.44. The van der Waals surface area contributed by atoms with E-state index >= 15 is 0 Å². The monoisotopic (exact) mass is 244 g/mol. The van der Waals surface area contributed by atoms with Gasteiger partial charge in [0.15, 0.2) is 5.76 Å². The largest absolute Gasteiger partial charge is 0.496 e. The van der Waals surface area contributed by atoms with Gasteiger partial charge in [0, 0.05) is 5.56 Å². The Bertz CT molecular complexity index is 574. The number of hydrogen-bond acceptors (Lipinski definition) is 3. The molecule has 3 heteroatoms. The van der Waals surface area contributed by atoms with Crippen molar-refractivity contribution in [3.63, 3.8) is 0 Å². The third-order valence-electron chi connectivity index (χ3n) is 3.06. The van der Waals surface area contributed by atoms with Crippen LogP contribution in [0.25, 0.3) is 0 Å². The number of furan rings is 1. The van der Waals surface area contributed by atoms with E-state index in [0.717, 1.165) is 16.9 Å². The number of methoxy groups -OCH3 is 1. The fourth-order valence-corrected chi connectivity index (χ4v) is 1.79. The van der Waals surface area contributed by atoms with Crippen LogP contribution >= 0.6 is 0 Å². The minimum Gasteiger partial charge on any atom is -0.496 e. The molecular weight excluding hydrogens is 228 g/mol. The number of rotatable bonds is 3. The van der Waals surface area contributed by atoms with E-state index in [1.54, 1.807) is 25.3 Å². The van der Waals surface area contributed by atoms with E-state index in [4.69, 9.17) is 9.15 Å². The summed E-state index contributed by atoms with van der Waals surface area (Å²) in [5, 5.41) is 0. The topological polar surface area (TPSA) is 39.4 Å². The molecule has 0 unspecified atom stereocenters. The first-order valence-corrected chi connectivity index (χ1v) is 5.79. The van der Waals surface area contributed by atoms with E-state index in [1.807, 2.05) is 26.8 Å². The highest BCUT2D eigenvalue weighted by Gasteiger charge is 2.15. The molecule has 0 radical (unpaired) electrons. The van der Waals surface area contributed by atoms with Gasteiger partial charge in [0.05, 0.1) is 7.11 Å². The van der Waals surface area contributed by atoms with Gasteiger partial charge in [-0.1, -0.05) is 12.1 Å². The SMILES string of the molecule is COc1cc(C(=O)c2cc(C)c(C)o2)ccc1C. The van der Waals surface area contributed by atoms with Crippen molar-refractivity contribution in [2.75, 3.05) is 7.11 Å². The quantitative estimate of drug-likeness (QED) is 0.776. The second kappa shape index (κ2) is 4.69. The van der Waals surface area contributed by atoms with Crippen LogP contribution in [0.4, 0.5) is 0 Å². The summed E-state index contributed by atoms with van der Waals surface area (Å²) < 4.78 is 10.7. The highest BCUT2D eigenvalue weighted by molar-refractivity contribution is 6.07. The van der Waals surface area contributed by atoms with Gasteiger partial charge in [0.25, 0.3) is 0 Å². The molecule has 1 aromatic carbocycles. The van der Waals surface area contributed by atoms with Crippen LogP contribution in [0.15, 0.2) is 28.7 Å². The molecule has 0 saturated carbocycles. The van der Waals surface area contributed by atoms with E-state index in [2.05, 4.69) is 0 Å². The number of benzene rings is 1. The van der Waals surface area contributed by atoms with E-state index in [9.17, 15) is 4.79 Å². The van der Waals surface area contributed by atoms with Crippen molar-refractivity contribution >= 4 is 5.78 Å². The average Bonchev–Trinajstić information content (AvgIpc) is 2.69. The first-order chi connectivity index (χ1) is 8.52. The molecule has 0 N–H and O–H groups in total. The maximum Gasteiger partial charge on any atom is 0.228 e. The van der Waals surface area contributed by atoms with E-state index in [1.165, 1.54) is 0 Å². The summed E-state index contributed by atoms with van der Waals surface area (Å²) in [6.07, 6.45) is 0. The molecule has 0 aliphatic carbocycles. The Labute approximate surface area is 106 Å². The van der Waals surface area contributed by atoms with Gasteiger partial charge in [-0.3, -0.25) is 4.79 Å². The zero-order valence-corrected chi connectivity index (χ0v) is 11.0. The smallest absolute Gasteiger partial charge is 0.228 e. The van der Waals surface area contributed by atoms with Crippen molar-refractivity contribution in [2.24, 2.45) is 0 Å². The number of carbonyl (C=O) groups excluding carboxylic acids is 1. The fraction of sp³-hybridized carbons (Fsp3) is 0.267. The molecule has 0 aliphatic heterocycles.